The molecule has 2 unspecified atom stereocenters. The molecule has 178 valence electrons. The Hall–Kier alpha value is -3.44. The van der Waals surface area contributed by atoms with Gasteiger partial charge >= 0.3 is 6.18 Å². The summed E-state index contributed by atoms with van der Waals surface area (Å²) in [6, 6.07) is 12.5. The number of hydrogen-bond donors (Lipinski definition) is 2. The summed E-state index contributed by atoms with van der Waals surface area (Å²) in [5.41, 5.74) is 2.79. The van der Waals surface area contributed by atoms with Crippen molar-refractivity contribution in [2.45, 2.75) is 31.5 Å². The van der Waals surface area contributed by atoms with Crippen molar-refractivity contribution in [3.05, 3.63) is 82.1 Å². The summed E-state index contributed by atoms with van der Waals surface area (Å²) < 4.78 is 53.7. The zero-order chi connectivity index (χ0) is 25.3. The number of anilines is 1. The fourth-order valence-corrected chi connectivity index (χ4v) is 4.08. The summed E-state index contributed by atoms with van der Waals surface area (Å²) in [5.74, 6) is -4.22. The van der Waals surface area contributed by atoms with Crippen molar-refractivity contribution in [3.8, 4) is 0 Å². The zero-order valence-electron chi connectivity index (χ0n) is 17.9. The second kappa shape index (κ2) is 9.43. The van der Waals surface area contributed by atoms with E-state index in [9.17, 15) is 31.9 Å². The number of carbonyl (C=O) groups is 3. The van der Waals surface area contributed by atoms with Crippen molar-refractivity contribution >= 4 is 33.9 Å². The highest BCUT2D eigenvalue weighted by Gasteiger charge is 2.43. The van der Waals surface area contributed by atoms with E-state index in [2.05, 4.69) is 10.3 Å². The van der Waals surface area contributed by atoms with Crippen LogP contribution in [0.4, 0.5) is 22.7 Å². The number of nitrogens with zero attached hydrogens (tertiary/aromatic N) is 1. The van der Waals surface area contributed by atoms with E-state index in [4.69, 9.17) is 5.73 Å². The van der Waals surface area contributed by atoms with Gasteiger partial charge in [-0.1, -0.05) is 48.6 Å². The number of halogens is 4. The molecule has 0 spiro atoms. The van der Waals surface area contributed by atoms with E-state index in [1.165, 1.54) is 0 Å². The molecule has 1 aromatic heterocycles. The molecule has 3 N–H and O–H groups in total. The number of nitrogens with one attached hydrogen (secondary N) is 1. The van der Waals surface area contributed by atoms with Gasteiger partial charge in [0.1, 0.15) is 10.7 Å². The monoisotopic (exact) mass is 493 g/mol. The summed E-state index contributed by atoms with van der Waals surface area (Å²) in [4.78, 5) is 40.8. The average molecular weight is 493 g/mol. The van der Waals surface area contributed by atoms with Crippen LogP contribution >= 0.6 is 11.3 Å². The summed E-state index contributed by atoms with van der Waals surface area (Å²) in [6.07, 6.45) is -5.01. The van der Waals surface area contributed by atoms with Gasteiger partial charge in [-0.2, -0.15) is 13.2 Å². The molecule has 1 amide bonds. The van der Waals surface area contributed by atoms with Crippen molar-refractivity contribution in [3.63, 3.8) is 0 Å². The fourth-order valence-electron chi connectivity index (χ4n) is 3.13. The van der Waals surface area contributed by atoms with Crippen molar-refractivity contribution in [2.24, 2.45) is 5.73 Å². The third-order valence-electron chi connectivity index (χ3n) is 5.11. The predicted octanol–water partition coefficient (Wildman–Crippen LogP) is 4.56. The third kappa shape index (κ3) is 5.20. The molecule has 0 saturated heterocycles. The van der Waals surface area contributed by atoms with Gasteiger partial charge in [-0.3, -0.25) is 19.7 Å². The Balaban J connectivity index is 1.88. The number of nitrogens with two attached hydrogens (primary N) is 1. The van der Waals surface area contributed by atoms with Gasteiger partial charge in [0.15, 0.2) is 22.1 Å². The van der Waals surface area contributed by atoms with Crippen LogP contribution < -0.4 is 11.1 Å². The maximum atomic E-state index is 13.5. The third-order valence-corrected chi connectivity index (χ3v) is 6.07. The van der Waals surface area contributed by atoms with Crippen LogP contribution in [0.3, 0.4) is 0 Å². The first-order valence-corrected chi connectivity index (χ1v) is 10.7. The first kappa shape index (κ1) is 25.2. The number of rotatable bonds is 7. The largest absolute Gasteiger partial charge is 0.435 e. The number of Topliss-reactive ketones (excluding diaryl/α,β-unsaturated/α-hetero) is 1. The number of aromatic nitrogens is 1. The van der Waals surface area contributed by atoms with Gasteiger partial charge in [0.05, 0.1) is 0 Å². The highest BCUT2D eigenvalue weighted by atomic mass is 32.1. The molecule has 0 fully saturated rings. The molecule has 2 atom stereocenters. The summed E-state index contributed by atoms with van der Waals surface area (Å²) in [5, 5.41) is 1.57. The molecular weight excluding hydrogens is 474 g/mol. The molecule has 0 aliphatic heterocycles. The molecule has 0 saturated carbocycles. The number of thiazole rings is 1. The van der Waals surface area contributed by atoms with Crippen LogP contribution in [-0.2, 0) is 15.8 Å². The number of amides is 1. The molecule has 0 radical (unpaired) electrons. The number of carbonyl (C=O) groups excluding carboxylic acids is 3. The Morgan fingerprint density at radius 2 is 1.62 bits per heavy atom. The van der Waals surface area contributed by atoms with Crippen LogP contribution in [0.5, 0.6) is 0 Å². The molecular formula is C23H19F4N3O3S. The smallest absolute Gasteiger partial charge is 0.311 e. The van der Waals surface area contributed by atoms with E-state index in [0.29, 0.717) is 5.56 Å². The number of ketones is 2. The van der Waals surface area contributed by atoms with Crippen molar-refractivity contribution < 1.29 is 31.9 Å². The lowest BCUT2D eigenvalue weighted by Gasteiger charge is -2.25. The summed E-state index contributed by atoms with van der Waals surface area (Å²) in [6.45, 7) is 2.70. The van der Waals surface area contributed by atoms with Crippen LogP contribution in [0.25, 0.3) is 0 Å². The van der Waals surface area contributed by atoms with E-state index >= 15 is 0 Å². The van der Waals surface area contributed by atoms with Crippen LogP contribution in [-0.4, -0.2) is 28.0 Å². The summed E-state index contributed by atoms with van der Waals surface area (Å²) in [7, 11) is 0. The zero-order valence-corrected chi connectivity index (χ0v) is 18.8. The second-order valence-corrected chi connectivity index (χ2v) is 8.68. The van der Waals surface area contributed by atoms with Gasteiger partial charge in [-0.25, -0.2) is 9.37 Å². The minimum atomic E-state index is -5.01. The quantitative estimate of drug-likeness (QED) is 0.285. The lowest BCUT2D eigenvalue weighted by atomic mass is 9.84. The minimum Gasteiger partial charge on any atom is -0.311 e. The highest BCUT2D eigenvalue weighted by Crippen LogP contribution is 2.37. The van der Waals surface area contributed by atoms with Gasteiger partial charge in [0, 0.05) is 11.5 Å². The number of hydrogen-bond acceptors (Lipinski definition) is 6. The first-order chi connectivity index (χ1) is 15.8. The van der Waals surface area contributed by atoms with Crippen LogP contribution in [0.15, 0.2) is 54.6 Å². The van der Waals surface area contributed by atoms with Crippen LogP contribution in [0.1, 0.15) is 46.3 Å². The molecule has 0 aliphatic carbocycles. The molecule has 0 bridgehead atoms. The average Bonchev–Trinajstić information content (AvgIpc) is 3.23. The van der Waals surface area contributed by atoms with Crippen LogP contribution in [0, 0.1) is 5.82 Å². The molecule has 1 heterocycles. The highest BCUT2D eigenvalue weighted by molar-refractivity contribution is 7.18. The topological polar surface area (TPSA) is 102 Å². The van der Waals surface area contributed by atoms with E-state index < -0.39 is 56.6 Å². The van der Waals surface area contributed by atoms with Gasteiger partial charge in [-0.15, -0.1) is 0 Å². The van der Waals surface area contributed by atoms with E-state index in [1.807, 2.05) is 0 Å². The fraction of sp³-hybridized carbons (Fsp3) is 0.217. The van der Waals surface area contributed by atoms with E-state index in [-0.39, 0.29) is 16.9 Å². The normalized spacial score (nSPS) is 14.2. The molecule has 0 aliphatic rings. The Bertz CT molecular complexity index is 1220. The van der Waals surface area contributed by atoms with Gasteiger partial charge < -0.3 is 5.73 Å². The van der Waals surface area contributed by atoms with Gasteiger partial charge in [0.25, 0.3) is 5.91 Å². The lowest BCUT2D eigenvalue weighted by molar-refractivity contribution is -0.141. The molecule has 11 heteroatoms. The Morgan fingerprint density at radius 1 is 1.03 bits per heavy atom. The molecule has 2 aromatic carbocycles. The van der Waals surface area contributed by atoms with Crippen LogP contribution in [0.2, 0.25) is 0 Å². The van der Waals surface area contributed by atoms with E-state index in [0.717, 1.165) is 31.2 Å². The maximum Gasteiger partial charge on any atom is 0.435 e. The molecule has 3 aromatic rings. The predicted molar refractivity (Wildman–Crippen MR) is 118 cm³/mol. The van der Waals surface area contributed by atoms with Crippen molar-refractivity contribution in [1.29, 1.82) is 0 Å². The Kier molecular flexibility index (Phi) is 6.99. The Morgan fingerprint density at radius 3 is 2.18 bits per heavy atom. The minimum absolute atomic E-state index is 0.191. The summed E-state index contributed by atoms with van der Waals surface area (Å²) >= 11 is 0.281. The standard InChI is InChI=1S/C23H19F4N3O3S/c1-12(13-6-4-3-5-7-13)19(32)22(2,28)20(33)30-21-29-18(23(25,26)27)17(34-21)16(31)14-8-10-15(24)11-9-14/h3-12H,28H2,1-2H3,(H,29,30,33). The van der Waals surface area contributed by atoms with Gasteiger partial charge in [-0.05, 0) is 36.8 Å². The number of benzene rings is 2. The molecule has 34 heavy (non-hydrogen) atoms. The number of alkyl halides is 3. The lowest BCUT2D eigenvalue weighted by Crippen LogP contribution is -2.56. The SMILES string of the molecule is CC(C(=O)C(C)(N)C(=O)Nc1nc(C(F)(F)F)c(C(=O)c2ccc(F)cc2)s1)c1ccccc1. The first-order valence-electron chi connectivity index (χ1n) is 9.90. The second-order valence-electron chi connectivity index (χ2n) is 7.68. The van der Waals surface area contributed by atoms with Gasteiger partial charge in [0.2, 0.25) is 5.78 Å². The maximum absolute atomic E-state index is 13.5. The molecule has 3 rings (SSSR count). The van der Waals surface area contributed by atoms with Crippen molar-refractivity contribution in [2.75, 3.05) is 5.32 Å². The molecule has 6 nitrogen and oxygen atoms in total. The van der Waals surface area contributed by atoms with Crippen molar-refractivity contribution in [1.82, 2.24) is 4.98 Å². The van der Waals surface area contributed by atoms with E-state index in [1.54, 1.807) is 37.3 Å². The Labute approximate surface area is 195 Å².